The summed E-state index contributed by atoms with van der Waals surface area (Å²) >= 11 is 0. The largest absolute Gasteiger partial charge is 0.298 e. The zero-order chi connectivity index (χ0) is 12.4. The van der Waals surface area contributed by atoms with Crippen molar-refractivity contribution in [2.24, 2.45) is 0 Å². The van der Waals surface area contributed by atoms with Crippen LogP contribution in [-0.4, -0.2) is 42.0 Å². The summed E-state index contributed by atoms with van der Waals surface area (Å²) in [5.41, 5.74) is 2.81. The van der Waals surface area contributed by atoms with Crippen molar-refractivity contribution in [3.8, 4) is 0 Å². The van der Waals surface area contributed by atoms with Crippen LogP contribution < -0.4 is 0 Å². The highest BCUT2D eigenvalue weighted by atomic mass is 15.3. The summed E-state index contributed by atoms with van der Waals surface area (Å²) in [6.45, 7) is 8.31. The maximum atomic E-state index is 2.70. The van der Waals surface area contributed by atoms with Crippen molar-refractivity contribution in [2.45, 2.75) is 38.8 Å². The smallest absolute Gasteiger partial charge is 0.0234 e. The molecule has 0 bridgehead atoms. The van der Waals surface area contributed by atoms with E-state index in [0.717, 1.165) is 12.6 Å². The molecule has 1 saturated carbocycles. The highest BCUT2D eigenvalue weighted by Crippen LogP contribution is 2.25. The first kappa shape index (κ1) is 12.2. The fraction of sp³-hybridized carbons (Fsp3) is 0.625. The van der Waals surface area contributed by atoms with E-state index in [0.29, 0.717) is 0 Å². The van der Waals surface area contributed by atoms with Gasteiger partial charge in [0, 0.05) is 38.8 Å². The Balaban J connectivity index is 1.48. The van der Waals surface area contributed by atoms with E-state index in [-0.39, 0.29) is 0 Å². The van der Waals surface area contributed by atoms with Crippen molar-refractivity contribution in [3.05, 3.63) is 35.4 Å². The van der Waals surface area contributed by atoms with Crippen LogP contribution in [0.1, 0.15) is 30.4 Å². The monoisotopic (exact) mass is 244 g/mol. The van der Waals surface area contributed by atoms with Gasteiger partial charge in [-0.2, -0.15) is 0 Å². The Hall–Kier alpha value is -0.860. The molecule has 1 saturated heterocycles. The van der Waals surface area contributed by atoms with Gasteiger partial charge >= 0.3 is 0 Å². The second kappa shape index (κ2) is 5.41. The molecule has 18 heavy (non-hydrogen) atoms. The minimum atomic E-state index is 0.923. The first-order chi connectivity index (χ1) is 8.81. The Morgan fingerprint density at radius 2 is 1.67 bits per heavy atom. The van der Waals surface area contributed by atoms with Crippen molar-refractivity contribution in [1.82, 2.24) is 9.80 Å². The molecule has 0 aromatic heterocycles. The molecule has 98 valence electrons. The van der Waals surface area contributed by atoms with Crippen LogP contribution >= 0.6 is 0 Å². The first-order valence-corrected chi connectivity index (χ1v) is 7.33. The van der Waals surface area contributed by atoms with Gasteiger partial charge in [-0.25, -0.2) is 0 Å². The number of aryl methyl sites for hydroxylation is 1. The molecule has 2 nitrogen and oxygen atoms in total. The molecule has 1 aromatic rings. The Kier molecular flexibility index (Phi) is 3.67. The van der Waals surface area contributed by atoms with E-state index in [9.17, 15) is 0 Å². The maximum Gasteiger partial charge on any atom is 0.0234 e. The second-order valence-electron chi connectivity index (χ2n) is 5.88. The number of piperazine rings is 1. The number of rotatable bonds is 3. The lowest BCUT2D eigenvalue weighted by Crippen LogP contribution is -2.51. The normalized spacial score (nSPS) is 22.9. The van der Waals surface area contributed by atoms with Crippen molar-refractivity contribution >= 4 is 0 Å². The Morgan fingerprint density at radius 1 is 1.00 bits per heavy atom. The third-order valence-electron chi connectivity index (χ3n) is 4.52. The summed E-state index contributed by atoms with van der Waals surface area (Å²) in [7, 11) is 0. The first-order valence-electron chi connectivity index (χ1n) is 7.33. The van der Waals surface area contributed by atoms with Gasteiger partial charge in [0.25, 0.3) is 0 Å². The second-order valence-corrected chi connectivity index (χ2v) is 5.88. The Morgan fingerprint density at radius 3 is 2.22 bits per heavy atom. The lowest BCUT2D eigenvalue weighted by atomic mass is 9.91. The summed E-state index contributed by atoms with van der Waals surface area (Å²) in [5, 5.41) is 0. The summed E-state index contributed by atoms with van der Waals surface area (Å²) in [5.74, 6) is 0. The minimum absolute atomic E-state index is 0.923. The third-order valence-corrected chi connectivity index (χ3v) is 4.52. The summed E-state index contributed by atoms with van der Waals surface area (Å²) in [4.78, 5) is 5.30. The molecule has 2 aliphatic rings. The predicted octanol–water partition coefficient (Wildman–Crippen LogP) is 2.67. The van der Waals surface area contributed by atoms with Crippen LogP contribution in [0.15, 0.2) is 24.3 Å². The van der Waals surface area contributed by atoms with Gasteiger partial charge in [-0.15, -0.1) is 0 Å². The summed E-state index contributed by atoms with van der Waals surface area (Å²) in [6, 6.07) is 9.91. The van der Waals surface area contributed by atoms with E-state index < -0.39 is 0 Å². The van der Waals surface area contributed by atoms with E-state index in [4.69, 9.17) is 0 Å². The van der Waals surface area contributed by atoms with Gasteiger partial charge < -0.3 is 0 Å². The molecule has 0 N–H and O–H groups in total. The molecular formula is C16H24N2. The SMILES string of the molecule is Cc1ccc(CN2CCN(C3CCC3)CC2)cc1. The average molecular weight is 244 g/mol. The molecule has 0 unspecified atom stereocenters. The van der Waals surface area contributed by atoms with Gasteiger partial charge in [-0.3, -0.25) is 9.80 Å². The molecule has 0 radical (unpaired) electrons. The van der Waals surface area contributed by atoms with Gasteiger partial charge in [0.05, 0.1) is 0 Å². The van der Waals surface area contributed by atoms with Crippen LogP contribution in [0.5, 0.6) is 0 Å². The molecule has 1 aliphatic carbocycles. The molecule has 3 rings (SSSR count). The number of hydrogen-bond donors (Lipinski definition) is 0. The zero-order valence-electron chi connectivity index (χ0n) is 11.4. The van der Waals surface area contributed by atoms with Crippen molar-refractivity contribution in [2.75, 3.05) is 26.2 Å². The predicted molar refractivity (Wildman–Crippen MR) is 75.7 cm³/mol. The fourth-order valence-corrected chi connectivity index (χ4v) is 2.99. The minimum Gasteiger partial charge on any atom is -0.298 e. The lowest BCUT2D eigenvalue weighted by Gasteiger charge is -2.43. The molecule has 2 heteroatoms. The van der Waals surface area contributed by atoms with E-state index in [1.807, 2.05) is 0 Å². The third kappa shape index (κ3) is 2.76. The van der Waals surface area contributed by atoms with Gasteiger partial charge in [-0.05, 0) is 25.3 Å². The number of hydrogen-bond acceptors (Lipinski definition) is 2. The number of benzene rings is 1. The topological polar surface area (TPSA) is 6.48 Å². The Labute approximate surface area is 111 Å². The van der Waals surface area contributed by atoms with Crippen LogP contribution in [0.4, 0.5) is 0 Å². The summed E-state index contributed by atoms with van der Waals surface area (Å²) in [6.07, 6.45) is 4.34. The molecule has 0 amide bonds. The number of nitrogens with zero attached hydrogens (tertiary/aromatic N) is 2. The van der Waals surface area contributed by atoms with Crippen LogP contribution in [0.3, 0.4) is 0 Å². The molecule has 1 heterocycles. The zero-order valence-corrected chi connectivity index (χ0v) is 11.4. The molecular weight excluding hydrogens is 220 g/mol. The Bertz CT molecular complexity index is 373. The van der Waals surface area contributed by atoms with Crippen LogP contribution in [0.2, 0.25) is 0 Å². The summed E-state index contributed by atoms with van der Waals surface area (Å²) < 4.78 is 0. The highest BCUT2D eigenvalue weighted by molar-refractivity contribution is 5.21. The molecule has 0 atom stereocenters. The van der Waals surface area contributed by atoms with Crippen molar-refractivity contribution < 1.29 is 0 Å². The van der Waals surface area contributed by atoms with Crippen LogP contribution in [0, 0.1) is 6.92 Å². The standard InChI is InChI=1S/C16H24N2/c1-14-5-7-15(8-6-14)13-17-9-11-18(12-10-17)16-3-2-4-16/h5-8,16H,2-4,9-13H2,1H3. The molecule has 1 aliphatic heterocycles. The van der Waals surface area contributed by atoms with Crippen molar-refractivity contribution in [3.63, 3.8) is 0 Å². The molecule has 0 spiro atoms. The van der Waals surface area contributed by atoms with Gasteiger partial charge in [0.2, 0.25) is 0 Å². The average Bonchev–Trinajstić information content (AvgIpc) is 2.32. The van der Waals surface area contributed by atoms with Gasteiger partial charge in [0.15, 0.2) is 0 Å². The highest BCUT2D eigenvalue weighted by Gasteiger charge is 2.27. The quantitative estimate of drug-likeness (QED) is 0.806. The van der Waals surface area contributed by atoms with Crippen LogP contribution in [0.25, 0.3) is 0 Å². The lowest BCUT2D eigenvalue weighted by molar-refractivity contribution is 0.0587. The van der Waals surface area contributed by atoms with E-state index >= 15 is 0 Å². The van der Waals surface area contributed by atoms with Crippen molar-refractivity contribution in [1.29, 1.82) is 0 Å². The van der Waals surface area contributed by atoms with Crippen LogP contribution in [-0.2, 0) is 6.54 Å². The maximum absolute atomic E-state index is 2.70. The molecule has 1 aromatic carbocycles. The van der Waals surface area contributed by atoms with Gasteiger partial charge in [0.1, 0.15) is 0 Å². The van der Waals surface area contributed by atoms with E-state index in [1.165, 1.54) is 56.6 Å². The van der Waals surface area contributed by atoms with E-state index in [1.54, 1.807) is 0 Å². The molecule has 2 fully saturated rings. The fourth-order valence-electron chi connectivity index (χ4n) is 2.99. The van der Waals surface area contributed by atoms with Gasteiger partial charge in [-0.1, -0.05) is 36.2 Å². The van der Waals surface area contributed by atoms with E-state index in [2.05, 4.69) is 41.0 Å².